The molecule has 4 nitrogen and oxygen atoms in total. The highest BCUT2D eigenvalue weighted by molar-refractivity contribution is 8.26. The van der Waals surface area contributed by atoms with Crippen LogP contribution >= 0.6 is 35.6 Å². The Morgan fingerprint density at radius 1 is 1.03 bits per heavy atom. The highest BCUT2D eigenvalue weighted by Crippen LogP contribution is 2.36. The van der Waals surface area contributed by atoms with Crippen LogP contribution in [0.2, 0.25) is 5.02 Å². The molecule has 0 radical (unpaired) electrons. The molecule has 1 atom stereocenters. The Labute approximate surface area is 233 Å². The van der Waals surface area contributed by atoms with Crippen molar-refractivity contribution in [3.63, 3.8) is 0 Å². The first-order valence-electron chi connectivity index (χ1n) is 12.4. The third-order valence-corrected chi connectivity index (χ3v) is 7.80. The van der Waals surface area contributed by atoms with E-state index in [2.05, 4.69) is 26.0 Å². The smallest absolute Gasteiger partial charge is 0.266 e. The summed E-state index contributed by atoms with van der Waals surface area (Å²) in [6, 6.07) is 23.5. The summed E-state index contributed by atoms with van der Waals surface area (Å²) in [5.74, 6) is 1.95. The van der Waals surface area contributed by atoms with E-state index in [4.69, 9.17) is 33.3 Å². The molecular formula is C30H30ClNO3S2. The summed E-state index contributed by atoms with van der Waals surface area (Å²) >= 11 is 13.0. The Hall–Kier alpha value is -2.80. The van der Waals surface area contributed by atoms with Gasteiger partial charge < -0.3 is 9.47 Å². The van der Waals surface area contributed by atoms with E-state index < -0.39 is 0 Å². The molecule has 37 heavy (non-hydrogen) atoms. The topological polar surface area (TPSA) is 38.8 Å². The number of ether oxygens (including phenoxy) is 2. The summed E-state index contributed by atoms with van der Waals surface area (Å²) in [4.78, 5) is 15.3. The molecule has 1 aliphatic rings. The molecule has 0 N–H and O–H groups in total. The lowest BCUT2D eigenvalue weighted by Crippen LogP contribution is -2.27. The molecule has 1 fully saturated rings. The summed E-state index contributed by atoms with van der Waals surface area (Å²) in [7, 11) is 0. The van der Waals surface area contributed by atoms with Crippen LogP contribution in [0, 0.1) is 0 Å². The summed E-state index contributed by atoms with van der Waals surface area (Å²) in [6.07, 6.45) is 3.64. The van der Waals surface area contributed by atoms with E-state index in [1.54, 1.807) is 23.1 Å². The highest BCUT2D eigenvalue weighted by atomic mass is 35.5. The number of hydrogen-bond acceptors (Lipinski definition) is 5. The standard InChI is InChI=1S/C30H30ClNO3S2/c1-3-21(2)23-10-13-26(14-11-23)34-16-7-17-35-27-15-12-25(31)18-24(27)19-28-29(33)32(30(36)37-28)20-22-8-5-4-6-9-22/h4-6,8-15,18-19,21H,3,7,16-17,20H2,1-2H3/b28-19-/t21-/m1/s1. The van der Waals surface area contributed by atoms with E-state index in [1.165, 1.54) is 17.3 Å². The van der Waals surface area contributed by atoms with Gasteiger partial charge in [-0.1, -0.05) is 91.9 Å². The third-order valence-electron chi connectivity index (χ3n) is 6.19. The lowest BCUT2D eigenvalue weighted by molar-refractivity contribution is -0.122. The van der Waals surface area contributed by atoms with Gasteiger partial charge in [0, 0.05) is 17.0 Å². The van der Waals surface area contributed by atoms with E-state index in [9.17, 15) is 4.79 Å². The first-order chi connectivity index (χ1) is 17.9. The summed E-state index contributed by atoms with van der Waals surface area (Å²) < 4.78 is 12.5. The minimum absolute atomic E-state index is 0.113. The molecule has 1 amide bonds. The van der Waals surface area contributed by atoms with Crippen LogP contribution in [0.5, 0.6) is 11.5 Å². The van der Waals surface area contributed by atoms with E-state index in [0.717, 1.165) is 23.3 Å². The Bertz CT molecular complexity index is 1260. The molecule has 1 heterocycles. The Balaban J connectivity index is 1.34. The molecule has 0 spiro atoms. The molecule has 3 aromatic rings. The van der Waals surface area contributed by atoms with Gasteiger partial charge in [-0.3, -0.25) is 9.69 Å². The maximum Gasteiger partial charge on any atom is 0.266 e. The molecule has 0 aromatic heterocycles. The fourth-order valence-electron chi connectivity index (χ4n) is 3.87. The fourth-order valence-corrected chi connectivity index (χ4v) is 5.29. The van der Waals surface area contributed by atoms with Gasteiger partial charge in [-0.15, -0.1) is 0 Å². The first-order valence-corrected chi connectivity index (χ1v) is 14.0. The minimum atomic E-state index is -0.113. The average Bonchev–Trinajstić information content (AvgIpc) is 3.17. The second-order valence-electron chi connectivity index (χ2n) is 8.86. The van der Waals surface area contributed by atoms with Gasteiger partial charge in [-0.25, -0.2) is 0 Å². The van der Waals surface area contributed by atoms with Gasteiger partial charge in [0.1, 0.15) is 15.8 Å². The molecule has 7 heteroatoms. The van der Waals surface area contributed by atoms with Gasteiger partial charge in [0.2, 0.25) is 0 Å². The van der Waals surface area contributed by atoms with Gasteiger partial charge in [-0.05, 0) is 59.9 Å². The molecule has 3 aromatic carbocycles. The number of halogens is 1. The van der Waals surface area contributed by atoms with Crippen LogP contribution in [0.4, 0.5) is 0 Å². The molecular weight excluding hydrogens is 522 g/mol. The SMILES string of the molecule is CC[C@@H](C)c1ccc(OCCCOc2ccc(Cl)cc2/C=C2\SC(=S)N(Cc3ccccc3)C2=O)cc1. The number of rotatable bonds is 11. The van der Waals surface area contributed by atoms with E-state index in [0.29, 0.717) is 52.1 Å². The number of amides is 1. The number of benzene rings is 3. The van der Waals surface area contributed by atoms with Crippen LogP contribution in [0.15, 0.2) is 77.7 Å². The molecule has 0 bridgehead atoms. The second-order valence-corrected chi connectivity index (χ2v) is 11.0. The van der Waals surface area contributed by atoms with Crippen molar-refractivity contribution < 1.29 is 14.3 Å². The lowest BCUT2D eigenvalue weighted by atomic mass is 9.99. The lowest BCUT2D eigenvalue weighted by Gasteiger charge is -2.14. The molecule has 4 rings (SSSR count). The van der Waals surface area contributed by atoms with Crippen LogP contribution in [-0.4, -0.2) is 28.3 Å². The largest absolute Gasteiger partial charge is 0.493 e. The van der Waals surface area contributed by atoms with Crippen molar-refractivity contribution in [1.82, 2.24) is 4.90 Å². The second kappa shape index (κ2) is 13.1. The zero-order valence-electron chi connectivity index (χ0n) is 21.0. The number of thiocarbonyl (C=S) groups is 1. The van der Waals surface area contributed by atoms with Crippen molar-refractivity contribution in [3.05, 3.63) is 99.4 Å². The Kier molecular flexibility index (Phi) is 9.67. The van der Waals surface area contributed by atoms with Crippen LogP contribution in [-0.2, 0) is 11.3 Å². The maximum absolute atomic E-state index is 13.1. The number of nitrogens with zero attached hydrogens (tertiary/aromatic N) is 1. The van der Waals surface area contributed by atoms with Crippen LogP contribution < -0.4 is 9.47 Å². The predicted molar refractivity (Wildman–Crippen MR) is 157 cm³/mol. The summed E-state index contributed by atoms with van der Waals surface area (Å²) in [6.45, 7) is 5.89. The summed E-state index contributed by atoms with van der Waals surface area (Å²) in [5.41, 5.74) is 3.10. The average molecular weight is 552 g/mol. The van der Waals surface area contributed by atoms with Crippen molar-refractivity contribution in [3.8, 4) is 11.5 Å². The highest BCUT2D eigenvalue weighted by Gasteiger charge is 2.32. The number of carbonyl (C=O) groups is 1. The molecule has 0 unspecified atom stereocenters. The third kappa shape index (κ3) is 7.37. The zero-order valence-corrected chi connectivity index (χ0v) is 23.4. The predicted octanol–water partition coefficient (Wildman–Crippen LogP) is 8.10. The van der Waals surface area contributed by atoms with Gasteiger partial charge in [-0.2, -0.15) is 0 Å². The number of thioether (sulfide) groups is 1. The van der Waals surface area contributed by atoms with Crippen LogP contribution in [0.1, 0.15) is 49.3 Å². The Morgan fingerprint density at radius 2 is 1.76 bits per heavy atom. The number of hydrogen-bond donors (Lipinski definition) is 0. The number of carbonyl (C=O) groups excluding carboxylic acids is 1. The van der Waals surface area contributed by atoms with Crippen LogP contribution in [0.25, 0.3) is 6.08 Å². The van der Waals surface area contributed by atoms with Crippen molar-refractivity contribution in [2.45, 2.75) is 39.2 Å². The van der Waals surface area contributed by atoms with Crippen molar-refractivity contribution in [2.75, 3.05) is 13.2 Å². The van der Waals surface area contributed by atoms with Crippen molar-refractivity contribution >= 4 is 51.9 Å². The monoisotopic (exact) mass is 551 g/mol. The van der Waals surface area contributed by atoms with E-state index in [-0.39, 0.29) is 5.91 Å². The van der Waals surface area contributed by atoms with Crippen molar-refractivity contribution in [2.24, 2.45) is 0 Å². The van der Waals surface area contributed by atoms with Crippen molar-refractivity contribution in [1.29, 1.82) is 0 Å². The quantitative estimate of drug-likeness (QED) is 0.137. The Morgan fingerprint density at radius 3 is 2.49 bits per heavy atom. The fraction of sp³-hybridized carbons (Fsp3) is 0.267. The molecule has 192 valence electrons. The molecule has 1 saturated heterocycles. The minimum Gasteiger partial charge on any atom is -0.493 e. The van der Waals surface area contributed by atoms with Gasteiger partial charge in [0.15, 0.2) is 0 Å². The van der Waals surface area contributed by atoms with E-state index >= 15 is 0 Å². The normalized spacial score (nSPS) is 15.3. The maximum atomic E-state index is 13.1. The van der Waals surface area contributed by atoms with Gasteiger partial charge >= 0.3 is 0 Å². The van der Waals surface area contributed by atoms with Gasteiger partial charge in [0.05, 0.1) is 24.7 Å². The molecule has 0 aliphatic carbocycles. The van der Waals surface area contributed by atoms with Gasteiger partial charge in [0.25, 0.3) is 5.91 Å². The molecule has 0 saturated carbocycles. The molecule has 1 aliphatic heterocycles. The summed E-state index contributed by atoms with van der Waals surface area (Å²) in [5, 5.41) is 0.572. The van der Waals surface area contributed by atoms with E-state index in [1.807, 2.05) is 48.5 Å². The first kappa shape index (κ1) is 27.2. The van der Waals surface area contributed by atoms with Crippen LogP contribution in [0.3, 0.4) is 0 Å². The zero-order chi connectivity index (χ0) is 26.2.